The Morgan fingerprint density at radius 2 is 1.83 bits per heavy atom. The van der Waals surface area contributed by atoms with E-state index in [-0.39, 0.29) is 5.69 Å². The highest BCUT2D eigenvalue weighted by atomic mass is 16.4. The Morgan fingerprint density at radius 1 is 1.10 bits per heavy atom. The van der Waals surface area contributed by atoms with E-state index in [1.54, 1.807) is 16.8 Å². The highest BCUT2D eigenvalue weighted by molar-refractivity contribution is 5.93. The number of aromatic nitrogens is 4. The Morgan fingerprint density at radius 3 is 2.48 bits per heavy atom. The van der Waals surface area contributed by atoms with Crippen LogP contribution in [-0.2, 0) is 0 Å². The lowest BCUT2D eigenvalue weighted by Gasteiger charge is -2.09. The van der Waals surface area contributed by atoms with E-state index in [0.29, 0.717) is 22.5 Å². The number of fused-ring (bicyclic) bond motifs is 1. The van der Waals surface area contributed by atoms with E-state index >= 15 is 0 Å². The molecule has 0 saturated carbocycles. The van der Waals surface area contributed by atoms with Crippen molar-refractivity contribution in [3.05, 3.63) is 70.8 Å². The Labute approximate surface area is 166 Å². The molecule has 4 rings (SSSR count). The number of hydrogen-bond donors (Lipinski definition) is 1. The minimum Gasteiger partial charge on any atom is -0.477 e. The topological polar surface area (TPSA) is 104 Å². The molecule has 29 heavy (non-hydrogen) atoms. The fourth-order valence-electron chi connectivity index (χ4n) is 3.49. The zero-order valence-corrected chi connectivity index (χ0v) is 16.1. The van der Waals surface area contributed by atoms with Crippen molar-refractivity contribution in [3.63, 3.8) is 0 Å². The van der Waals surface area contributed by atoms with Gasteiger partial charge < -0.3 is 5.11 Å². The number of nitriles is 1. The van der Waals surface area contributed by atoms with Crippen LogP contribution < -0.4 is 0 Å². The van der Waals surface area contributed by atoms with Gasteiger partial charge in [-0.15, -0.1) is 0 Å². The third-order valence-corrected chi connectivity index (χ3v) is 4.78. The Bertz CT molecular complexity index is 1310. The maximum Gasteiger partial charge on any atom is 0.354 e. The monoisotopic (exact) mass is 383 g/mol. The summed E-state index contributed by atoms with van der Waals surface area (Å²) in [5.74, 6) is -1.11. The SMILES string of the molecule is Cc1cc(-c2c(-c3cccc(C#N)c3C)nn3ccc(C(=O)O)nc23)cc(C)n1. The van der Waals surface area contributed by atoms with Gasteiger partial charge in [-0.3, -0.25) is 4.98 Å². The first-order valence-electron chi connectivity index (χ1n) is 8.97. The number of benzene rings is 1. The van der Waals surface area contributed by atoms with Gasteiger partial charge in [-0.1, -0.05) is 12.1 Å². The molecule has 1 N–H and O–H groups in total. The zero-order valence-electron chi connectivity index (χ0n) is 16.1. The van der Waals surface area contributed by atoms with Crippen molar-refractivity contribution in [3.8, 4) is 28.5 Å². The lowest BCUT2D eigenvalue weighted by molar-refractivity contribution is 0.0690. The van der Waals surface area contributed by atoms with Crippen LogP contribution in [0.1, 0.15) is 33.0 Å². The van der Waals surface area contributed by atoms with Gasteiger partial charge in [-0.05, 0) is 56.2 Å². The summed E-state index contributed by atoms with van der Waals surface area (Å²) in [5.41, 5.74) is 6.41. The molecule has 0 fully saturated rings. The molecule has 0 aliphatic carbocycles. The number of hydrogen-bond acceptors (Lipinski definition) is 5. The fraction of sp³-hybridized carbons (Fsp3) is 0.136. The predicted molar refractivity (Wildman–Crippen MR) is 108 cm³/mol. The van der Waals surface area contributed by atoms with Gasteiger partial charge in [0.2, 0.25) is 0 Å². The van der Waals surface area contributed by atoms with E-state index in [1.807, 2.05) is 45.0 Å². The van der Waals surface area contributed by atoms with Crippen LogP contribution in [0.15, 0.2) is 42.6 Å². The van der Waals surface area contributed by atoms with Gasteiger partial charge in [0.15, 0.2) is 11.3 Å². The van der Waals surface area contributed by atoms with Crippen LogP contribution >= 0.6 is 0 Å². The number of rotatable bonds is 3. The molecule has 0 spiro atoms. The molecule has 4 aromatic rings. The quantitative estimate of drug-likeness (QED) is 0.574. The number of carbonyl (C=O) groups is 1. The van der Waals surface area contributed by atoms with Crippen molar-refractivity contribution in [1.29, 1.82) is 5.26 Å². The van der Waals surface area contributed by atoms with Crippen LogP contribution in [0.5, 0.6) is 0 Å². The Balaban J connectivity index is 2.12. The smallest absolute Gasteiger partial charge is 0.354 e. The van der Waals surface area contributed by atoms with E-state index in [0.717, 1.165) is 28.1 Å². The molecule has 3 aromatic heterocycles. The maximum absolute atomic E-state index is 11.5. The minimum atomic E-state index is -1.11. The molecular weight excluding hydrogens is 366 g/mol. The third-order valence-electron chi connectivity index (χ3n) is 4.78. The zero-order chi connectivity index (χ0) is 20.7. The number of pyridine rings is 1. The molecule has 0 unspecified atom stereocenters. The second kappa shape index (κ2) is 6.84. The molecule has 0 aliphatic rings. The van der Waals surface area contributed by atoms with Gasteiger partial charge in [-0.2, -0.15) is 10.4 Å². The number of nitrogens with zero attached hydrogens (tertiary/aromatic N) is 5. The van der Waals surface area contributed by atoms with Crippen LogP contribution in [-0.4, -0.2) is 30.7 Å². The first-order valence-corrected chi connectivity index (χ1v) is 8.97. The van der Waals surface area contributed by atoms with Crippen molar-refractivity contribution >= 4 is 11.6 Å². The first kappa shape index (κ1) is 18.3. The van der Waals surface area contributed by atoms with Crippen molar-refractivity contribution in [1.82, 2.24) is 19.6 Å². The van der Waals surface area contributed by atoms with E-state index in [4.69, 9.17) is 0 Å². The largest absolute Gasteiger partial charge is 0.477 e. The van der Waals surface area contributed by atoms with E-state index in [2.05, 4.69) is 21.1 Å². The van der Waals surface area contributed by atoms with Crippen LogP contribution in [0, 0.1) is 32.1 Å². The molecule has 0 atom stereocenters. The van der Waals surface area contributed by atoms with E-state index < -0.39 is 5.97 Å². The first-order chi connectivity index (χ1) is 13.9. The molecule has 1 aromatic carbocycles. The van der Waals surface area contributed by atoms with Gasteiger partial charge in [0.25, 0.3) is 0 Å². The summed E-state index contributed by atoms with van der Waals surface area (Å²) < 4.78 is 1.57. The summed E-state index contributed by atoms with van der Waals surface area (Å²) in [6.07, 6.45) is 1.59. The molecule has 0 saturated heterocycles. The molecule has 0 bridgehead atoms. The van der Waals surface area contributed by atoms with Crippen LogP contribution in [0.2, 0.25) is 0 Å². The molecule has 0 radical (unpaired) electrons. The van der Waals surface area contributed by atoms with Gasteiger partial charge in [0, 0.05) is 23.1 Å². The molecular formula is C22H17N5O2. The fourth-order valence-corrected chi connectivity index (χ4v) is 3.49. The lowest BCUT2D eigenvalue weighted by atomic mass is 9.95. The van der Waals surface area contributed by atoms with Gasteiger partial charge in [-0.25, -0.2) is 14.3 Å². The predicted octanol–water partition coefficient (Wildman–Crippen LogP) is 3.95. The summed E-state index contributed by atoms with van der Waals surface area (Å²) >= 11 is 0. The molecule has 3 heterocycles. The number of aryl methyl sites for hydroxylation is 2. The number of carboxylic acid groups (broad SMARTS) is 1. The molecule has 0 amide bonds. The minimum absolute atomic E-state index is 0.0600. The summed E-state index contributed by atoms with van der Waals surface area (Å²) in [4.78, 5) is 20.3. The molecule has 0 aliphatic heterocycles. The van der Waals surface area contributed by atoms with Crippen LogP contribution in [0.25, 0.3) is 28.0 Å². The number of carboxylic acids is 1. The van der Waals surface area contributed by atoms with Gasteiger partial charge in [0.1, 0.15) is 5.69 Å². The van der Waals surface area contributed by atoms with Crippen molar-refractivity contribution in [2.45, 2.75) is 20.8 Å². The highest BCUT2D eigenvalue weighted by Gasteiger charge is 2.21. The van der Waals surface area contributed by atoms with Crippen molar-refractivity contribution < 1.29 is 9.90 Å². The van der Waals surface area contributed by atoms with Crippen LogP contribution in [0.3, 0.4) is 0 Å². The lowest BCUT2D eigenvalue weighted by Crippen LogP contribution is -2.02. The molecule has 7 heteroatoms. The van der Waals surface area contributed by atoms with E-state index in [9.17, 15) is 15.2 Å². The number of aromatic carboxylic acids is 1. The summed E-state index contributed by atoms with van der Waals surface area (Å²) in [6, 6.07) is 12.9. The normalized spacial score (nSPS) is 10.8. The third kappa shape index (κ3) is 3.11. The Kier molecular flexibility index (Phi) is 4.32. The summed E-state index contributed by atoms with van der Waals surface area (Å²) in [6.45, 7) is 5.68. The average Bonchev–Trinajstić information content (AvgIpc) is 3.05. The van der Waals surface area contributed by atoms with Gasteiger partial charge >= 0.3 is 5.97 Å². The maximum atomic E-state index is 11.5. The summed E-state index contributed by atoms with van der Waals surface area (Å²) in [7, 11) is 0. The van der Waals surface area contributed by atoms with Crippen molar-refractivity contribution in [2.24, 2.45) is 0 Å². The Hall–Kier alpha value is -4.05. The average molecular weight is 383 g/mol. The van der Waals surface area contributed by atoms with Crippen LogP contribution in [0.4, 0.5) is 0 Å². The van der Waals surface area contributed by atoms with Gasteiger partial charge in [0.05, 0.1) is 17.2 Å². The van der Waals surface area contributed by atoms with E-state index in [1.165, 1.54) is 6.07 Å². The standard InChI is InChI=1S/C22H17N5O2/c1-12-9-16(10-13(2)24-12)19-20(17-6-4-5-15(11-23)14(17)3)26-27-8-7-18(22(28)29)25-21(19)27/h4-10H,1-3H3,(H,28,29). The second-order valence-electron chi connectivity index (χ2n) is 6.84. The van der Waals surface area contributed by atoms with Crippen molar-refractivity contribution in [2.75, 3.05) is 0 Å². The highest BCUT2D eigenvalue weighted by Crippen LogP contribution is 2.37. The summed E-state index contributed by atoms with van der Waals surface area (Å²) in [5, 5.41) is 23.5. The molecule has 142 valence electrons. The second-order valence-corrected chi connectivity index (χ2v) is 6.84. The molecule has 7 nitrogen and oxygen atoms in total.